The zero-order valence-electron chi connectivity index (χ0n) is 3.17. The molecule has 0 saturated carbocycles. The average Bonchev–Trinajstić information content (AvgIpc) is 1.46. The van der Waals surface area contributed by atoms with Crippen LogP contribution in [0.5, 0.6) is 0 Å². The molecule has 0 N–H and O–H groups in total. The van der Waals surface area contributed by atoms with Gasteiger partial charge in [0.05, 0.1) is 0 Å². The van der Waals surface area contributed by atoms with Gasteiger partial charge in [-0.15, -0.1) is 0 Å². The Balaban J connectivity index is 0. The van der Waals surface area contributed by atoms with E-state index in [-0.39, 0.29) is 0 Å². The SMILES string of the molecule is [CH2]C.[Cl][Zn][Cl]. The Morgan fingerprint density at radius 1 is 1.40 bits per heavy atom. The molecule has 3 heteroatoms. The molecule has 0 nitrogen and oxygen atoms in total. The van der Waals surface area contributed by atoms with Crippen LogP contribution in [0.2, 0.25) is 0 Å². The second-order valence-corrected chi connectivity index (χ2v) is 4.72. The summed E-state index contributed by atoms with van der Waals surface area (Å²) in [5.41, 5.74) is 0. The van der Waals surface area contributed by atoms with Gasteiger partial charge in [-0.2, -0.15) is 0 Å². The molecule has 5 heavy (non-hydrogen) atoms. The molecule has 0 spiro atoms. The van der Waals surface area contributed by atoms with Crippen LogP contribution in [0, 0.1) is 6.92 Å². The fourth-order valence-electron chi connectivity index (χ4n) is 0. The summed E-state index contributed by atoms with van der Waals surface area (Å²) < 4.78 is 0. The first-order chi connectivity index (χ1) is 2.41. The summed E-state index contributed by atoms with van der Waals surface area (Å²) >= 11 is -0.931. The summed E-state index contributed by atoms with van der Waals surface area (Å²) in [6, 6.07) is 0. The minimum absolute atomic E-state index is 0.931. The van der Waals surface area contributed by atoms with E-state index in [0.717, 1.165) is 0 Å². The van der Waals surface area contributed by atoms with Crippen molar-refractivity contribution in [2.75, 3.05) is 0 Å². The quantitative estimate of drug-likeness (QED) is 0.483. The number of halogens is 2. The fraction of sp³-hybridized carbons (Fsp3) is 0.500. The van der Waals surface area contributed by atoms with E-state index in [1.54, 1.807) is 6.92 Å². The molecule has 0 aliphatic heterocycles. The molecule has 0 bridgehead atoms. The Morgan fingerprint density at radius 3 is 1.40 bits per heavy atom. The third-order valence-electron chi connectivity index (χ3n) is 0. The molecule has 0 aromatic heterocycles. The molecule has 29 valence electrons. The Labute approximate surface area is 48.5 Å². The van der Waals surface area contributed by atoms with E-state index < -0.39 is 15.1 Å². The monoisotopic (exact) mass is 163 g/mol. The maximum absolute atomic E-state index is 4.95. The van der Waals surface area contributed by atoms with Gasteiger partial charge in [0.2, 0.25) is 0 Å². The average molecular weight is 165 g/mol. The van der Waals surface area contributed by atoms with Crippen molar-refractivity contribution in [1.29, 1.82) is 0 Å². The van der Waals surface area contributed by atoms with Gasteiger partial charge < -0.3 is 0 Å². The van der Waals surface area contributed by atoms with Crippen LogP contribution in [0.1, 0.15) is 6.92 Å². The van der Waals surface area contributed by atoms with Gasteiger partial charge in [-0.05, 0) is 0 Å². The first kappa shape index (κ1) is 9.51. The molecule has 0 unspecified atom stereocenters. The van der Waals surface area contributed by atoms with Gasteiger partial charge in [0.15, 0.2) is 0 Å². The molecule has 1 radical (unpaired) electrons. The molecule has 0 rings (SSSR count). The predicted octanol–water partition coefficient (Wildman–Crippen LogP) is 2.22. The molecular formula is C2H5Cl2Zn. The van der Waals surface area contributed by atoms with E-state index in [2.05, 4.69) is 6.92 Å². The maximum atomic E-state index is 4.95. The van der Waals surface area contributed by atoms with E-state index in [1.165, 1.54) is 0 Å². The molecule has 0 fully saturated rings. The number of rotatable bonds is 0. The van der Waals surface area contributed by atoms with Gasteiger partial charge in [0.25, 0.3) is 0 Å². The van der Waals surface area contributed by atoms with Gasteiger partial charge >= 0.3 is 34.5 Å². The first-order valence-corrected chi connectivity index (χ1v) is 9.04. The van der Waals surface area contributed by atoms with Crippen LogP contribution in [0.15, 0.2) is 0 Å². The third-order valence-corrected chi connectivity index (χ3v) is 0. The van der Waals surface area contributed by atoms with Crippen LogP contribution in [-0.2, 0) is 15.1 Å². The number of hydrogen-bond acceptors (Lipinski definition) is 0. The Kier molecular flexibility index (Phi) is 36.0. The van der Waals surface area contributed by atoms with E-state index in [1.807, 2.05) is 0 Å². The van der Waals surface area contributed by atoms with E-state index in [4.69, 9.17) is 19.4 Å². The summed E-state index contributed by atoms with van der Waals surface area (Å²) in [6.07, 6.45) is 0. The first-order valence-electron chi connectivity index (χ1n) is 1.24. The Hall–Kier alpha value is 1.20. The van der Waals surface area contributed by atoms with Gasteiger partial charge in [0.1, 0.15) is 0 Å². The molecular weight excluding hydrogens is 160 g/mol. The second kappa shape index (κ2) is 18.9. The van der Waals surface area contributed by atoms with E-state index >= 15 is 0 Å². The van der Waals surface area contributed by atoms with Crippen LogP contribution in [0.3, 0.4) is 0 Å². The molecule has 0 aliphatic rings. The summed E-state index contributed by atoms with van der Waals surface area (Å²) in [4.78, 5) is 0. The van der Waals surface area contributed by atoms with Gasteiger partial charge in [-0.1, -0.05) is 13.8 Å². The van der Waals surface area contributed by atoms with Crippen molar-refractivity contribution in [3.05, 3.63) is 6.92 Å². The van der Waals surface area contributed by atoms with Crippen molar-refractivity contribution in [1.82, 2.24) is 0 Å². The summed E-state index contributed by atoms with van der Waals surface area (Å²) in [6.45, 7) is 5.00. The van der Waals surface area contributed by atoms with Crippen LogP contribution in [0.25, 0.3) is 0 Å². The Morgan fingerprint density at radius 2 is 1.40 bits per heavy atom. The van der Waals surface area contributed by atoms with Crippen LogP contribution in [0.4, 0.5) is 0 Å². The van der Waals surface area contributed by atoms with Crippen molar-refractivity contribution < 1.29 is 15.1 Å². The predicted molar refractivity (Wildman–Crippen MR) is 22.7 cm³/mol. The topological polar surface area (TPSA) is 0 Å². The van der Waals surface area contributed by atoms with Crippen LogP contribution >= 0.6 is 19.4 Å². The standard InChI is InChI=1S/C2H5.2ClH.Zn/c1-2;;;/h1H2,2H3;2*1H;/q;;;+2/p-2. The zero-order chi connectivity index (χ0) is 4.71. The van der Waals surface area contributed by atoms with Crippen molar-refractivity contribution in [2.24, 2.45) is 0 Å². The molecule has 0 heterocycles. The zero-order valence-corrected chi connectivity index (χ0v) is 7.65. The van der Waals surface area contributed by atoms with Crippen LogP contribution in [-0.4, -0.2) is 0 Å². The van der Waals surface area contributed by atoms with E-state index in [0.29, 0.717) is 0 Å². The van der Waals surface area contributed by atoms with Crippen molar-refractivity contribution >= 4 is 19.4 Å². The molecule has 0 atom stereocenters. The summed E-state index contributed by atoms with van der Waals surface area (Å²) in [5.74, 6) is 0. The van der Waals surface area contributed by atoms with Crippen molar-refractivity contribution in [2.45, 2.75) is 6.92 Å². The summed E-state index contributed by atoms with van der Waals surface area (Å²) in [7, 11) is 9.90. The number of hydrogen-bond donors (Lipinski definition) is 0. The molecule has 0 aromatic carbocycles. The van der Waals surface area contributed by atoms with E-state index in [9.17, 15) is 0 Å². The summed E-state index contributed by atoms with van der Waals surface area (Å²) in [5, 5.41) is 0. The molecule has 0 aliphatic carbocycles. The third kappa shape index (κ3) is 36.9. The van der Waals surface area contributed by atoms with Crippen molar-refractivity contribution in [3.63, 3.8) is 0 Å². The molecule has 0 amide bonds. The van der Waals surface area contributed by atoms with Crippen molar-refractivity contribution in [3.8, 4) is 0 Å². The van der Waals surface area contributed by atoms with Crippen LogP contribution < -0.4 is 0 Å². The minimum atomic E-state index is -0.931. The van der Waals surface area contributed by atoms with Gasteiger partial charge in [0, 0.05) is 0 Å². The Bertz CT molecular complexity index is 7.61. The van der Waals surface area contributed by atoms with Gasteiger partial charge in [-0.3, -0.25) is 0 Å². The normalized spacial score (nSPS) is 3.20. The molecule has 0 saturated heterocycles. The fourth-order valence-corrected chi connectivity index (χ4v) is 0. The second-order valence-electron chi connectivity index (χ2n) is 0.101. The van der Waals surface area contributed by atoms with Gasteiger partial charge in [-0.25, -0.2) is 0 Å². The molecule has 0 aromatic rings.